The quantitative estimate of drug-likeness (QED) is 0.753. The van der Waals surface area contributed by atoms with Gasteiger partial charge in [-0.15, -0.1) is 5.10 Å². The molecule has 29 heavy (non-hydrogen) atoms. The average Bonchev–Trinajstić information content (AvgIpc) is 2.97. The Hall–Kier alpha value is -2.17. The van der Waals surface area contributed by atoms with Crippen molar-refractivity contribution in [3.05, 3.63) is 5.89 Å². The normalized spacial score (nSPS) is 20.9. The van der Waals surface area contributed by atoms with Gasteiger partial charge >= 0.3 is 12.0 Å². The van der Waals surface area contributed by atoms with Crippen LogP contribution in [0.25, 0.3) is 0 Å². The number of nitrogens with zero attached hydrogens (tertiary/aromatic N) is 4. The first-order chi connectivity index (χ1) is 13.5. The number of carbonyl (C=O) groups is 2. The van der Waals surface area contributed by atoms with Gasteiger partial charge in [0, 0.05) is 37.5 Å². The number of hydrogen-bond donors (Lipinski definition) is 1. The second-order valence-electron chi connectivity index (χ2n) is 8.68. The molecule has 0 bridgehead atoms. The number of carbonyl (C=O) groups excluding carboxylic acids is 2. The molecule has 2 fully saturated rings. The maximum Gasteiger partial charge on any atom is 0.325 e. The van der Waals surface area contributed by atoms with Crippen LogP contribution >= 0.6 is 0 Å². The van der Waals surface area contributed by atoms with Crippen molar-refractivity contribution in [1.82, 2.24) is 20.0 Å². The summed E-state index contributed by atoms with van der Waals surface area (Å²) in [6, 6.07) is -0.285. The van der Waals surface area contributed by atoms with Gasteiger partial charge in [0.05, 0.1) is 11.5 Å². The van der Waals surface area contributed by atoms with E-state index < -0.39 is 9.84 Å². The SMILES string of the molecule is CC(C)(C)c1nnc(NC(=O)N2CCCN(C(=O)C3CCS(=O)(=O)CC3)CC2)o1. The molecule has 1 aromatic heterocycles. The summed E-state index contributed by atoms with van der Waals surface area (Å²) in [6.45, 7) is 7.70. The van der Waals surface area contributed by atoms with E-state index >= 15 is 0 Å². The predicted molar refractivity (Wildman–Crippen MR) is 106 cm³/mol. The molecule has 0 unspecified atom stereocenters. The van der Waals surface area contributed by atoms with E-state index in [0.29, 0.717) is 51.3 Å². The van der Waals surface area contributed by atoms with Crippen LogP contribution in [0.4, 0.5) is 10.8 Å². The molecule has 11 heteroatoms. The minimum atomic E-state index is -3.00. The summed E-state index contributed by atoms with van der Waals surface area (Å²) in [6.07, 6.45) is 1.42. The van der Waals surface area contributed by atoms with E-state index in [4.69, 9.17) is 4.42 Å². The number of aromatic nitrogens is 2. The lowest BCUT2D eigenvalue weighted by Crippen LogP contribution is -2.42. The third kappa shape index (κ3) is 5.46. The number of hydrogen-bond acceptors (Lipinski definition) is 7. The van der Waals surface area contributed by atoms with Gasteiger partial charge in [0.25, 0.3) is 0 Å². The standard InChI is InChI=1S/C18H29N5O5S/c1-18(2,3)15-20-21-16(28-15)19-17(25)23-8-4-7-22(9-10-23)14(24)13-5-11-29(26,27)12-6-13/h13H,4-12H2,1-3H3,(H,19,21,25). The monoisotopic (exact) mass is 427 g/mol. The number of rotatable bonds is 2. The summed E-state index contributed by atoms with van der Waals surface area (Å²) in [7, 11) is -3.00. The van der Waals surface area contributed by atoms with Crippen LogP contribution in [0.1, 0.15) is 45.9 Å². The van der Waals surface area contributed by atoms with Crippen LogP contribution in [0.15, 0.2) is 4.42 Å². The van der Waals surface area contributed by atoms with Crippen molar-refractivity contribution < 1.29 is 22.4 Å². The van der Waals surface area contributed by atoms with Crippen molar-refractivity contribution in [2.75, 3.05) is 43.0 Å². The largest absolute Gasteiger partial charge is 0.407 e. The fraction of sp³-hybridized carbons (Fsp3) is 0.778. The van der Waals surface area contributed by atoms with Crippen LogP contribution in [0.3, 0.4) is 0 Å². The van der Waals surface area contributed by atoms with Crippen molar-refractivity contribution >= 4 is 27.8 Å². The van der Waals surface area contributed by atoms with Crippen LogP contribution in [0.2, 0.25) is 0 Å². The maximum absolute atomic E-state index is 12.8. The zero-order valence-electron chi connectivity index (χ0n) is 17.2. The minimum Gasteiger partial charge on any atom is -0.407 e. The third-order valence-corrected chi connectivity index (χ3v) is 6.99. The molecule has 2 aliphatic heterocycles. The number of urea groups is 1. The van der Waals surface area contributed by atoms with Crippen molar-refractivity contribution in [2.24, 2.45) is 5.92 Å². The molecule has 3 heterocycles. The topological polar surface area (TPSA) is 126 Å². The van der Waals surface area contributed by atoms with Crippen LogP contribution < -0.4 is 5.32 Å². The molecule has 0 spiro atoms. The van der Waals surface area contributed by atoms with Crippen molar-refractivity contribution in [3.63, 3.8) is 0 Å². The Bertz CT molecular complexity index is 846. The van der Waals surface area contributed by atoms with Gasteiger partial charge in [-0.25, -0.2) is 13.2 Å². The molecule has 1 N–H and O–H groups in total. The van der Waals surface area contributed by atoms with Gasteiger partial charge in [0.1, 0.15) is 9.84 Å². The molecule has 162 valence electrons. The van der Waals surface area contributed by atoms with E-state index in [1.54, 1.807) is 9.80 Å². The Morgan fingerprint density at radius 1 is 1.03 bits per heavy atom. The molecule has 0 aliphatic carbocycles. The van der Waals surface area contributed by atoms with E-state index in [0.717, 1.165) is 0 Å². The van der Waals surface area contributed by atoms with Gasteiger partial charge in [-0.1, -0.05) is 25.9 Å². The fourth-order valence-electron chi connectivity index (χ4n) is 3.48. The first-order valence-corrected chi connectivity index (χ1v) is 11.8. The zero-order chi connectivity index (χ0) is 21.2. The van der Waals surface area contributed by atoms with Crippen LogP contribution in [0.5, 0.6) is 0 Å². The summed E-state index contributed by atoms with van der Waals surface area (Å²) in [4.78, 5) is 28.7. The van der Waals surface area contributed by atoms with Crippen molar-refractivity contribution in [2.45, 2.75) is 45.4 Å². The van der Waals surface area contributed by atoms with Crippen LogP contribution in [-0.4, -0.2) is 78.0 Å². The molecule has 2 saturated heterocycles. The Kier molecular flexibility index (Phi) is 6.16. The van der Waals surface area contributed by atoms with E-state index in [1.165, 1.54) is 0 Å². The number of amides is 3. The van der Waals surface area contributed by atoms with Gasteiger partial charge in [0.2, 0.25) is 11.8 Å². The first-order valence-electron chi connectivity index (χ1n) is 9.94. The zero-order valence-corrected chi connectivity index (χ0v) is 18.0. The molecule has 2 aliphatic rings. The lowest BCUT2D eigenvalue weighted by Gasteiger charge is -2.28. The molecule has 1 aromatic rings. The van der Waals surface area contributed by atoms with Gasteiger partial charge in [0.15, 0.2) is 0 Å². The van der Waals surface area contributed by atoms with E-state index in [2.05, 4.69) is 15.5 Å². The smallest absolute Gasteiger partial charge is 0.325 e. The van der Waals surface area contributed by atoms with Crippen molar-refractivity contribution in [3.8, 4) is 0 Å². The van der Waals surface area contributed by atoms with Gasteiger partial charge in [-0.2, -0.15) is 0 Å². The summed E-state index contributed by atoms with van der Waals surface area (Å²) in [5.74, 6) is 0.343. The molecule has 3 rings (SSSR count). The molecule has 0 aromatic carbocycles. The molecule has 10 nitrogen and oxygen atoms in total. The number of nitrogens with one attached hydrogen (secondary N) is 1. The van der Waals surface area contributed by atoms with Gasteiger partial charge < -0.3 is 14.2 Å². The number of sulfone groups is 1. The average molecular weight is 428 g/mol. The van der Waals surface area contributed by atoms with Crippen LogP contribution in [0, 0.1) is 5.92 Å². The molecule has 0 atom stereocenters. The highest BCUT2D eigenvalue weighted by Crippen LogP contribution is 2.23. The summed E-state index contributed by atoms with van der Waals surface area (Å²) >= 11 is 0. The van der Waals surface area contributed by atoms with E-state index in [-0.39, 0.29) is 40.8 Å². The predicted octanol–water partition coefficient (Wildman–Crippen LogP) is 1.26. The van der Waals surface area contributed by atoms with Gasteiger partial charge in [-0.3, -0.25) is 10.1 Å². The Morgan fingerprint density at radius 3 is 2.28 bits per heavy atom. The van der Waals surface area contributed by atoms with Crippen LogP contribution in [-0.2, 0) is 20.0 Å². The summed E-state index contributed by atoms with van der Waals surface area (Å²) < 4.78 is 28.7. The lowest BCUT2D eigenvalue weighted by molar-refractivity contribution is -0.135. The highest BCUT2D eigenvalue weighted by Gasteiger charge is 2.32. The molecule has 3 amide bonds. The van der Waals surface area contributed by atoms with Crippen molar-refractivity contribution in [1.29, 1.82) is 0 Å². The summed E-state index contributed by atoms with van der Waals surface area (Å²) in [5.41, 5.74) is -0.308. The molecular formula is C18H29N5O5S. The highest BCUT2D eigenvalue weighted by molar-refractivity contribution is 7.91. The van der Waals surface area contributed by atoms with E-state index in [1.807, 2.05) is 20.8 Å². The first kappa shape index (κ1) is 21.5. The molecule has 0 saturated carbocycles. The fourth-order valence-corrected chi connectivity index (χ4v) is 4.97. The summed E-state index contributed by atoms with van der Waals surface area (Å²) in [5, 5.41) is 10.4. The number of anilines is 1. The maximum atomic E-state index is 12.8. The second-order valence-corrected chi connectivity index (χ2v) is 11.0. The highest BCUT2D eigenvalue weighted by atomic mass is 32.2. The molecular weight excluding hydrogens is 398 g/mol. The third-order valence-electron chi connectivity index (χ3n) is 5.28. The minimum absolute atomic E-state index is 0.00567. The Balaban J connectivity index is 1.53. The Labute approximate surface area is 170 Å². The van der Waals surface area contributed by atoms with E-state index in [9.17, 15) is 18.0 Å². The van der Waals surface area contributed by atoms with Gasteiger partial charge in [-0.05, 0) is 19.3 Å². The lowest BCUT2D eigenvalue weighted by atomic mass is 9.97. The molecule has 0 radical (unpaired) electrons. The second kappa shape index (κ2) is 8.29. The Morgan fingerprint density at radius 2 is 1.66 bits per heavy atom.